The van der Waals surface area contributed by atoms with Gasteiger partial charge in [0.25, 0.3) is 0 Å². The molecule has 1 N–H and O–H groups in total. The van der Waals surface area contributed by atoms with Gasteiger partial charge in [-0.15, -0.1) is 0 Å². The van der Waals surface area contributed by atoms with Gasteiger partial charge in [0.15, 0.2) is 0 Å². The molecule has 3 rings (SSSR count). The quantitative estimate of drug-likeness (QED) is 0.794. The van der Waals surface area contributed by atoms with Crippen LogP contribution in [-0.4, -0.2) is 43.6 Å². The number of likely N-dealkylation sites (tertiary alicyclic amines) is 1. The van der Waals surface area contributed by atoms with E-state index < -0.39 is 6.09 Å². The molecule has 1 saturated heterocycles. The third-order valence-electron chi connectivity index (χ3n) is 6.85. The molecule has 0 radical (unpaired) electrons. The zero-order chi connectivity index (χ0) is 21.2. The van der Waals surface area contributed by atoms with E-state index in [-0.39, 0.29) is 22.7 Å². The maximum absolute atomic E-state index is 12.9. The first-order valence-corrected chi connectivity index (χ1v) is 10.9. The molecule has 2 aliphatic rings. The average molecular weight is 401 g/mol. The van der Waals surface area contributed by atoms with Gasteiger partial charge in [0, 0.05) is 19.6 Å². The van der Waals surface area contributed by atoms with Crippen molar-refractivity contribution in [1.82, 2.24) is 10.2 Å². The first-order valence-electron chi connectivity index (χ1n) is 10.9. The van der Waals surface area contributed by atoms with Crippen LogP contribution >= 0.6 is 0 Å². The van der Waals surface area contributed by atoms with Gasteiger partial charge in [-0.2, -0.15) is 0 Å². The molecule has 5 heteroatoms. The Morgan fingerprint density at radius 2 is 2.03 bits per heavy atom. The number of alkyl carbamates (subject to hydrolysis) is 1. The molecule has 1 atom stereocenters. The third kappa shape index (κ3) is 4.76. The number of hydrogen-bond donors (Lipinski definition) is 1. The highest BCUT2D eigenvalue weighted by molar-refractivity contribution is 5.80. The average Bonchev–Trinajstić information content (AvgIpc) is 3.12. The molecule has 1 aromatic carbocycles. The Bertz CT molecular complexity index is 747. The normalized spacial score (nSPS) is 24.9. The summed E-state index contributed by atoms with van der Waals surface area (Å²) in [5.74, 6) is 0.595. The van der Waals surface area contributed by atoms with Gasteiger partial charge in [0.1, 0.15) is 0 Å². The molecule has 1 aromatic rings. The lowest BCUT2D eigenvalue weighted by molar-refractivity contribution is -0.135. The predicted octanol–water partition coefficient (Wildman–Crippen LogP) is 4.46. The van der Waals surface area contributed by atoms with Gasteiger partial charge in [-0.1, -0.05) is 52.0 Å². The molecule has 5 nitrogen and oxygen atoms in total. The van der Waals surface area contributed by atoms with Crippen molar-refractivity contribution in [3.05, 3.63) is 35.4 Å². The maximum atomic E-state index is 12.9. The Hall–Kier alpha value is -2.04. The minimum Gasteiger partial charge on any atom is -0.453 e. The van der Waals surface area contributed by atoms with Gasteiger partial charge in [0.05, 0.1) is 13.0 Å². The highest BCUT2D eigenvalue weighted by atomic mass is 16.5. The van der Waals surface area contributed by atoms with E-state index in [4.69, 9.17) is 0 Å². The van der Waals surface area contributed by atoms with Crippen LogP contribution in [0.5, 0.6) is 0 Å². The van der Waals surface area contributed by atoms with E-state index in [2.05, 4.69) is 55.1 Å². The van der Waals surface area contributed by atoms with Crippen LogP contribution in [0, 0.1) is 11.3 Å². The number of rotatable bonds is 5. The number of nitrogens with one attached hydrogen (secondary N) is 1. The molecule has 160 valence electrons. The molecule has 29 heavy (non-hydrogen) atoms. The summed E-state index contributed by atoms with van der Waals surface area (Å²) in [6, 6.07) is 9.05. The molecule has 0 aromatic heterocycles. The highest BCUT2D eigenvalue weighted by Crippen LogP contribution is 2.56. The topological polar surface area (TPSA) is 58.6 Å². The fraction of sp³-hybridized carbons (Fsp3) is 0.667. The van der Waals surface area contributed by atoms with Gasteiger partial charge >= 0.3 is 6.09 Å². The van der Waals surface area contributed by atoms with Crippen LogP contribution in [-0.2, 0) is 14.9 Å². The lowest BCUT2D eigenvalue weighted by atomic mass is 9.59. The van der Waals surface area contributed by atoms with Gasteiger partial charge in [-0.3, -0.25) is 4.79 Å². The molecule has 2 amide bonds. The van der Waals surface area contributed by atoms with Crippen LogP contribution in [0.1, 0.15) is 70.4 Å². The van der Waals surface area contributed by atoms with E-state index in [0.29, 0.717) is 18.9 Å². The van der Waals surface area contributed by atoms with Gasteiger partial charge in [-0.25, -0.2) is 4.79 Å². The summed E-state index contributed by atoms with van der Waals surface area (Å²) in [7, 11) is 1.34. The number of carbonyl (C=O) groups excluding carboxylic acids is 2. The fourth-order valence-electron chi connectivity index (χ4n) is 4.88. The van der Waals surface area contributed by atoms with Crippen molar-refractivity contribution >= 4 is 12.0 Å². The van der Waals surface area contributed by atoms with Gasteiger partial charge in [-0.05, 0) is 53.6 Å². The van der Waals surface area contributed by atoms with Crippen LogP contribution < -0.4 is 5.32 Å². The molecule has 1 unspecified atom stereocenters. The third-order valence-corrected chi connectivity index (χ3v) is 6.85. The van der Waals surface area contributed by atoms with Crippen molar-refractivity contribution in [2.75, 3.05) is 26.7 Å². The molecular formula is C24H36N2O3. The Morgan fingerprint density at radius 1 is 1.31 bits per heavy atom. The van der Waals surface area contributed by atoms with Crippen molar-refractivity contribution in [2.45, 2.75) is 64.7 Å². The molecular weight excluding hydrogens is 364 g/mol. The van der Waals surface area contributed by atoms with Crippen molar-refractivity contribution in [2.24, 2.45) is 11.3 Å². The molecule has 1 aliphatic carbocycles. The summed E-state index contributed by atoms with van der Waals surface area (Å²) in [6.45, 7) is 10.8. The van der Waals surface area contributed by atoms with Crippen LogP contribution in [0.3, 0.4) is 0 Å². The van der Waals surface area contributed by atoms with E-state index in [1.54, 1.807) is 0 Å². The highest BCUT2D eigenvalue weighted by Gasteiger charge is 2.50. The number of benzene rings is 1. The fourth-order valence-corrected chi connectivity index (χ4v) is 4.88. The van der Waals surface area contributed by atoms with E-state index in [1.807, 2.05) is 11.8 Å². The zero-order valence-corrected chi connectivity index (χ0v) is 18.6. The second-order valence-corrected chi connectivity index (χ2v) is 9.97. The Balaban J connectivity index is 1.56. The molecule has 2 fully saturated rings. The Labute approximate surface area is 175 Å². The number of methoxy groups -OCH3 is 1. The summed E-state index contributed by atoms with van der Waals surface area (Å²) < 4.78 is 4.62. The zero-order valence-electron chi connectivity index (χ0n) is 18.6. The van der Waals surface area contributed by atoms with Crippen LogP contribution in [0.25, 0.3) is 0 Å². The first kappa shape index (κ1) is 21.7. The second-order valence-electron chi connectivity index (χ2n) is 9.97. The minimum atomic E-state index is -0.478. The van der Waals surface area contributed by atoms with Crippen molar-refractivity contribution in [3.8, 4) is 0 Å². The van der Waals surface area contributed by atoms with Gasteiger partial charge in [0.2, 0.25) is 5.91 Å². The molecule has 1 aliphatic heterocycles. The molecule has 1 heterocycles. The van der Waals surface area contributed by atoms with Crippen molar-refractivity contribution < 1.29 is 14.3 Å². The number of hydrogen-bond acceptors (Lipinski definition) is 3. The monoisotopic (exact) mass is 400 g/mol. The Kier molecular flexibility index (Phi) is 6.25. The summed E-state index contributed by atoms with van der Waals surface area (Å²) >= 11 is 0. The van der Waals surface area contributed by atoms with Crippen molar-refractivity contribution in [1.29, 1.82) is 0 Å². The van der Waals surface area contributed by atoms with Crippen LogP contribution in [0.4, 0.5) is 4.79 Å². The molecule has 1 spiro atoms. The minimum absolute atomic E-state index is 0.166. The van der Waals surface area contributed by atoms with Crippen LogP contribution in [0.2, 0.25) is 0 Å². The summed E-state index contributed by atoms with van der Waals surface area (Å²) in [5, 5.41) is 2.67. The number of carbonyl (C=O) groups is 2. The number of amides is 2. The molecule has 1 saturated carbocycles. The smallest absolute Gasteiger partial charge is 0.406 e. The lowest BCUT2D eigenvalue weighted by Crippen LogP contribution is -2.43. The van der Waals surface area contributed by atoms with Crippen molar-refractivity contribution in [3.63, 3.8) is 0 Å². The standard InChI is InChI=1S/C24H36N2O3/c1-6-17(15-25-22(28)29-5)21(27)26-11-10-24(16-26)13-19(14-24)18-8-7-9-20(12-18)23(2,3)4/h7-9,12,17,19H,6,10-11,13-16H2,1-5H3,(H,25,28). The van der Waals surface area contributed by atoms with E-state index in [1.165, 1.54) is 31.1 Å². The summed E-state index contributed by atoms with van der Waals surface area (Å²) in [4.78, 5) is 26.3. The van der Waals surface area contributed by atoms with E-state index in [9.17, 15) is 9.59 Å². The SMILES string of the molecule is CCC(CNC(=O)OC)C(=O)N1CCC2(CC(c3cccc(C(C)(C)C)c3)C2)C1. The number of ether oxygens (including phenoxy) is 1. The predicted molar refractivity (Wildman–Crippen MR) is 115 cm³/mol. The number of nitrogens with zero attached hydrogens (tertiary/aromatic N) is 1. The van der Waals surface area contributed by atoms with E-state index in [0.717, 1.165) is 19.5 Å². The maximum Gasteiger partial charge on any atom is 0.406 e. The molecule has 0 bridgehead atoms. The lowest BCUT2D eigenvalue weighted by Gasteiger charge is -2.46. The second kappa shape index (κ2) is 8.37. The Morgan fingerprint density at radius 3 is 2.66 bits per heavy atom. The summed E-state index contributed by atoms with van der Waals surface area (Å²) in [5.41, 5.74) is 3.29. The van der Waals surface area contributed by atoms with E-state index >= 15 is 0 Å². The van der Waals surface area contributed by atoms with Crippen LogP contribution in [0.15, 0.2) is 24.3 Å². The largest absolute Gasteiger partial charge is 0.453 e. The summed E-state index contributed by atoms with van der Waals surface area (Å²) in [6.07, 6.45) is 3.67. The first-order chi connectivity index (χ1) is 13.7. The van der Waals surface area contributed by atoms with Gasteiger partial charge < -0.3 is 15.0 Å².